The van der Waals surface area contributed by atoms with Gasteiger partial charge in [-0.05, 0) is 282 Å². The molecule has 4 N–H and O–H groups in total. The van der Waals surface area contributed by atoms with Crippen molar-refractivity contribution in [1.82, 2.24) is 70.7 Å². The summed E-state index contributed by atoms with van der Waals surface area (Å²) in [5, 5.41) is 38.5. The zero-order valence-corrected chi connectivity index (χ0v) is 94.1. The van der Waals surface area contributed by atoms with E-state index in [9.17, 15) is 24.3 Å². The number of nitrogens with zero attached hydrogens (tertiary/aromatic N) is 24. The molecular formula is C105H120BrCl3MgN25Na2O11+. The summed E-state index contributed by atoms with van der Waals surface area (Å²) in [5.74, 6) is 8.48. The molecule has 24 rings (SSSR count). The van der Waals surface area contributed by atoms with E-state index >= 15 is 0 Å². The van der Waals surface area contributed by atoms with Gasteiger partial charge in [0, 0.05) is 104 Å². The zero-order chi connectivity index (χ0) is 102. The molecule has 36 nitrogen and oxygen atoms in total. The van der Waals surface area contributed by atoms with Crippen LogP contribution in [-0.2, 0) is 46.0 Å². The van der Waals surface area contributed by atoms with Crippen molar-refractivity contribution >= 4 is 140 Å². The first kappa shape index (κ1) is 122. The summed E-state index contributed by atoms with van der Waals surface area (Å²) in [6, 6.07) is 32.4. The number of aliphatic hydroxyl groups is 2. The van der Waals surface area contributed by atoms with Crippen LogP contribution in [-0.4, -0.2) is 176 Å². The van der Waals surface area contributed by atoms with Crippen LogP contribution >= 0.6 is 34.8 Å². The number of azide groups is 1. The minimum absolute atomic E-state index is 0. The number of nitrogens with two attached hydrogens (primary N) is 1. The van der Waals surface area contributed by atoms with Crippen molar-refractivity contribution in [2.45, 2.75) is 241 Å². The van der Waals surface area contributed by atoms with E-state index in [0.29, 0.717) is 42.4 Å². The number of nitrogen functional groups attached to an aromatic ring is 1. The Hall–Kier alpha value is -11.0. The normalized spacial score (nSPS) is 15.5. The first-order chi connectivity index (χ1) is 69.3. The number of imidazole rings is 7. The molecule has 43 heteroatoms. The van der Waals surface area contributed by atoms with Crippen LogP contribution in [0, 0.1) is 19.8 Å². The van der Waals surface area contributed by atoms with Crippen molar-refractivity contribution in [2.75, 3.05) is 30.7 Å². The second-order valence-corrected chi connectivity index (χ2v) is 37.1. The Morgan fingerprint density at radius 3 is 1.17 bits per heavy atom. The van der Waals surface area contributed by atoms with Gasteiger partial charge in [0.1, 0.15) is 62.0 Å². The Morgan fingerprint density at radius 2 is 0.845 bits per heavy atom. The number of anilines is 1. The van der Waals surface area contributed by atoms with E-state index < -0.39 is 18.1 Å². The Morgan fingerprint density at radius 1 is 0.514 bits per heavy atom. The quantitative estimate of drug-likeness (QED) is 0.00427. The fraction of sp³-hybridized carbons (Fsp3) is 0.400. The predicted molar refractivity (Wildman–Crippen MR) is 555 cm³/mol. The third-order valence-electron chi connectivity index (χ3n) is 24.5. The molecule has 15 aromatic rings. The van der Waals surface area contributed by atoms with Gasteiger partial charge in [-0.1, -0.05) is 74.4 Å². The summed E-state index contributed by atoms with van der Waals surface area (Å²) >= 11 is 15.8. The summed E-state index contributed by atoms with van der Waals surface area (Å²) in [4.78, 5) is 92.6. The SMILES string of the molecule is C#CC(=O)OCC.CC(C)c1cn2cc(C3CC3)ccc2n1.CC(N=[N+]=[N-])c1cn2cc(C3CC3)ccc2n1.CC(O)c1cn2cc(C3CC3)ccc2n1.CCOC(=O)C1C=[N+](C(C)c2cn3cc(C4CC4)ccc3n2)N=N1.ClCc1cn2cc(C3CC3)ccc2n1.Nc1ccc(C2CC2)cn1.O=C(CCl)CCl.O=CO[O-].O=Cc1cn2cc(C3CC3)ccc2n1.OCc1cn2cc(C3CC3)ccc2n1.[Br-].[CH3-].[Mg+2].[N-]=[N+]=[N-].[Na+].[Na+]. The second-order valence-electron chi connectivity index (χ2n) is 36.3. The summed E-state index contributed by atoms with van der Waals surface area (Å²) in [6.45, 7) is 14.0. The largest absolute Gasteiger partial charge is 2.00 e. The Bertz CT molecular complexity index is 6890. The molecule has 16 heterocycles. The van der Waals surface area contributed by atoms with Crippen molar-refractivity contribution in [3.05, 3.63) is 308 Å². The molecule has 8 aliphatic carbocycles. The molecule has 4 atom stereocenters. The number of esters is 2. The minimum atomic E-state index is -0.661. The number of halogens is 4. The van der Waals surface area contributed by atoms with Crippen LogP contribution in [0.25, 0.3) is 65.9 Å². The molecule has 762 valence electrons. The number of hydrogen-bond acceptors (Lipinski definition) is 23. The molecule has 15 aromatic heterocycles. The van der Waals surface area contributed by atoms with Crippen LogP contribution in [0.4, 0.5) is 5.82 Å². The fourth-order valence-corrected chi connectivity index (χ4v) is 15.8. The molecule has 0 spiro atoms. The van der Waals surface area contributed by atoms with Crippen molar-refractivity contribution in [1.29, 1.82) is 0 Å². The molecule has 8 saturated carbocycles. The maximum atomic E-state index is 11.7. The van der Waals surface area contributed by atoms with E-state index in [1.165, 1.54) is 158 Å². The minimum Gasteiger partial charge on any atom is -1.00 e. The number of terminal acetylenes is 1. The summed E-state index contributed by atoms with van der Waals surface area (Å²) in [7, 11) is 0. The number of carbonyl (C=O) groups excluding carboxylic acids is 5. The molecule has 9 aliphatic rings. The van der Waals surface area contributed by atoms with Gasteiger partial charge in [0.2, 0.25) is 0 Å². The number of Topliss-reactive ketones (excluding diaryl/α,β-unsaturated/α-hetero) is 1. The van der Waals surface area contributed by atoms with E-state index in [0.717, 1.165) is 116 Å². The number of fused-ring (bicyclic) bond motifs is 7. The van der Waals surface area contributed by atoms with Gasteiger partial charge in [-0.25, -0.2) is 49.5 Å². The van der Waals surface area contributed by atoms with Crippen molar-refractivity contribution < 1.29 is 135 Å². The van der Waals surface area contributed by atoms with Crippen LogP contribution in [0.3, 0.4) is 0 Å². The van der Waals surface area contributed by atoms with E-state index in [-0.39, 0.29) is 155 Å². The monoisotopic (exact) mass is 2160 g/mol. The number of aromatic nitrogens is 15. The summed E-state index contributed by atoms with van der Waals surface area (Å²) < 4.78 is 25.2. The number of hydrogen-bond donors (Lipinski definition) is 3. The van der Waals surface area contributed by atoms with Crippen LogP contribution in [0.5, 0.6) is 0 Å². The topological polar surface area (TPSA) is 472 Å². The number of carbonyl (C=O) groups is 5. The van der Waals surface area contributed by atoms with Gasteiger partial charge < -0.3 is 102 Å². The van der Waals surface area contributed by atoms with Crippen LogP contribution in [0.15, 0.2) is 205 Å². The average molecular weight is 2160 g/mol. The molecule has 0 radical (unpaired) electrons. The van der Waals surface area contributed by atoms with Gasteiger partial charge in [0.05, 0.1) is 83.2 Å². The number of aldehydes is 1. The third-order valence-corrected chi connectivity index (χ3v) is 25.3. The molecule has 148 heavy (non-hydrogen) atoms. The molecule has 0 bridgehead atoms. The first-order valence-electron chi connectivity index (χ1n) is 47.9. The van der Waals surface area contributed by atoms with Gasteiger partial charge in [0.15, 0.2) is 24.3 Å². The number of ketones is 1. The maximum absolute atomic E-state index is 11.7. The van der Waals surface area contributed by atoms with Gasteiger partial charge in [0.25, 0.3) is 6.47 Å². The Labute approximate surface area is 944 Å². The standard InChI is InChI=1S/C17H20N5O2.C13H16N2.C12H13N5.C12H14N2O.C11H11ClN2.C11H12N2O.C11H10N2O.C8H10N2.C5H6O2.C3H4Cl2O.CH2O3.CH3.BrH.Mg.N3.2Na/c1-3-24-17(23)15-10-22(20-19-15)11(2)14-9-21-8-13(12-4-5-12)6-7-16(21)18-14;1-9(2)12-8-15-7-11(10-3-4-10)5-6-13(15)14-12;1-8(15-16-13)11-7-17-6-10(9-2-3-9)4-5-12(17)14-11;1-8(15)11-7-14-6-10(9-2-3-9)4-5-12(14)13-11;12-5-10-7-14-6-9(8-1-2-8)3-4-11(14)13-10;2*14-7-10-6-13-5-9(8-1-2-8)3-4-11(13)12-10;9-8-4-3-7(5-10-8)6-1-2-6;1-3-5(6)7-4-2;4-1-3(6)2-5;2-1-4-3;;;;1-3-2;;/h6-12,15H,3-5H2,1-2H3;5-10H,3-4H2,1-2H3;4-9H,2-3H2,1H3;4-9,15H,2-3H2,1H3;3-4,6-8H,1-2,5H2;3-6,8,14H,1-2,7H2;3-8H,1-2H2;3-6H,1-2H2,(H2,9,10);1H,4H2,2H3;1-2H2;1,3H;1H3;1H;;;;/q+1;;;;;;;;;;;-1;;+2;-1;2*+1/p-2. The molecule has 8 fully saturated rings. The average Bonchev–Trinajstić information content (AvgIpc) is 1.70. The fourth-order valence-electron chi connectivity index (χ4n) is 15.4. The van der Waals surface area contributed by atoms with E-state index in [1.54, 1.807) is 43.8 Å². The number of aliphatic hydroxyl groups excluding tert-OH is 2. The Kier molecular flexibility index (Phi) is 49.6. The van der Waals surface area contributed by atoms with Crippen molar-refractivity contribution in [2.24, 2.45) is 15.5 Å². The van der Waals surface area contributed by atoms with Crippen molar-refractivity contribution in [3.63, 3.8) is 0 Å². The number of rotatable bonds is 23. The number of alkyl halides is 3. The van der Waals surface area contributed by atoms with Crippen LogP contribution in [0.1, 0.15) is 312 Å². The smallest absolute Gasteiger partial charge is 1.00 e. The summed E-state index contributed by atoms with van der Waals surface area (Å²) in [6.07, 6.45) is 58.2. The van der Waals surface area contributed by atoms with Gasteiger partial charge in [-0.3, -0.25) is 19.3 Å². The third kappa shape index (κ3) is 36.7. The molecule has 0 saturated heterocycles. The predicted octanol–water partition coefficient (Wildman–Crippen LogP) is 11.7. The molecular weight excluding hydrogens is 2040 g/mol. The van der Waals surface area contributed by atoms with Crippen molar-refractivity contribution in [3.8, 4) is 12.3 Å². The number of pyridine rings is 8. The zero-order valence-electron chi connectivity index (χ0n) is 84.9. The Balaban J connectivity index is 0.000000201. The van der Waals surface area contributed by atoms with Gasteiger partial charge >= 0.3 is 100 Å². The number of ether oxygens (including phenoxy) is 2. The molecule has 1 aliphatic heterocycles. The van der Waals surface area contributed by atoms with Gasteiger partial charge in [-0.15, -0.1) is 45.9 Å². The van der Waals surface area contributed by atoms with E-state index in [4.69, 9.17) is 77.0 Å². The summed E-state index contributed by atoms with van der Waals surface area (Å²) in [5.41, 5.74) is 50.8. The molecule has 0 amide bonds. The van der Waals surface area contributed by atoms with Crippen LogP contribution < -0.4 is 87.1 Å². The second kappa shape index (κ2) is 60.1. The molecule has 4 unspecified atom stereocenters. The van der Waals surface area contributed by atoms with E-state index in [2.05, 4.69) is 220 Å². The van der Waals surface area contributed by atoms with Gasteiger partial charge in [-0.2, -0.15) is 0 Å². The van der Waals surface area contributed by atoms with E-state index in [1.807, 2.05) is 99.0 Å². The van der Waals surface area contributed by atoms with Crippen LogP contribution in [0.2, 0.25) is 0 Å². The first-order valence-corrected chi connectivity index (χ1v) is 49.5. The molecule has 0 aromatic carbocycles. The maximum Gasteiger partial charge on any atom is 2.00 e.